The van der Waals surface area contributed by atoms with E-state index in [1.807, 2.05) is 0 Å². The average molecular weight is 509 g/mol. The summed E-state index contributed by atoms with van der Waals surface area (Å²) in [5, 5.41) is 35.5. The number of aliphatic hydroxyl groups excluding tert-OH is 1. The topological polar surface area (TPSA) is 208 Å². The molecule has 0 aromatic heterocycles. The minimum absolute atomic E-state index is 0.0167. The first-order chi connectivity index (χ1) is 16.9. The molecule has 0 heterocycles. The van der Waals surface area contributed by atoms with Gasteiger partial charge in [-0.15, -0.1) is 0 Å². The number of nitrogens with one attached hydrogen (secondary N) is 3. The molecule has 12 nitrogen and oxygen atoms in total. The van der Waals surface area contributed by atoms with Crippen molar-refractivity contribution in [1.29, 1.82) is 0 Å². The van der Waals surface area contributed by atoms with Crippen LogP contribution < -0.4 is 21.7 Å². The Hall–Kier alpha value is -3.51. The van der Waals surface area contributed by atoms with Crippen molar-refractivity contribution in [2.24, 2.45) is 11.7 Å². The second-order valence-corrected chi connectivity index (χ2v) is 8.72. The average Bonchev–Trinajstić information content (AvgIpc) is 2.83. The first-order valence-corrected chi connectivity index (χ1v) is 11.7. The van der Waals surface area contributed by atoms with Crippen molar-refractivity contribution >= 4 is 29.7 Å². The number of nitrogens with two attached hydrogens (primary N) is 1. The van der Waals surface area contributed by atoms with Crippen molar-refractivity contribution in [1.82, 2.24) is 16.0 Å². The lowest BCUT2D eigenvalue weighted by molar-refractivity contribution is -0.144. The molecule has 1 aromatic carbocycles. The Labute approximate surface area is 209 Å². The third-order valence-electron chi connectivity index (χ3n) is 5.79. The summed E-state index contributed by atoms with van der Waals surface area (Å²) in [5.74, 6) is -5.35. The molecule has 0 saturated heterocycles. The van der Waals surface area contributed by atoms with E-state index in [4.69, 9.17) is 10.8 Å². The van der Waals surface area contributed by atoms with Crippen molar-refractivity contribution < 1.29 is 39.3 Å². The Morgan fingerprint density at radius 1 is 0.889 bits per heavy atom. The summed E-state index contributed by atoms with van der Waals surface area (Å²) in [5.41, 5.74) is 6.36. The quantitative estimate of drug-likeness (QED) is 0.161. The van der Waals surface area contributed by atoms with Gasteiger partial charge in [0.25, 0.3) is 0 Å². The normalized spacial score (nSPS) is 15.9. The fourth-order valence-electron chi connectivity index (χ4n) is 3.29. The number of carboxylic acids is 2. The molecule has 0 bridgehead atoms. The van der Waals surface area contributed by atoms with Crippen LogP contribution in [0.15, 0.2) is 30.3 Å². The van der Waals surface area contributed by atoms with Gasteiger partial charge in [-0.2, -0.15) is 0 Å². The minimum atomic E-state index is -1.37. The SMILES string of the molecule is CCC(C)C(NC(=O)C(CCC(=O)O)NC(=O)C(Cc1ccccc1)NC(=O)C(N)C(C)O)C(=O)O. The van der Waals surface area contributed by atoms with Crippen LogP contribution in [0, 0.1) is 5.92 Å². The number of carboxylic acid groups (broad SMARTS) is 2. The van der Waals surface area contributed by atoms with E-state index >= 15 is 0 Å². The third-order valence-corrected chi connectivity index (χ3v) is 5.79. The first kappa shape index (κ1) is 30.5. The zero-order chi connectivity index (χ0) is 27.4. The van der Waals surface area contributed by atoms with E-state index in [0.29, 0.717) is 12.0 Å². The van der Waals surface area contributed by atoms with Gasteiger partial charge < -0.3 is 37.0 Å². The Kier molecular flexibility index (Phi) is 12.5. The summed E-state index contributed by atoms with van der Waals surface area (Å²) >= 11 is 0. The van der Waals surface area contributed by atoms with Gasteiger partial charge in [0.2, 0.25) is 17.7 Å². The van der Waals surface area contributed by atoms with Crippen LogP contribution in [0.3, 0.4) is 0 Å². The lowest BCUT2D eigenvalue weighted by Crippen LogP contribution is -2.59. The van der Waals surface area contributed by atoms with Gasteiger partial charge in [-0.1, -0.05) is 50.6 Å². The van der Waals surface area contributed by atoms with Crippen molar-refractivity contribution in [3.05, 3.63) is 35.9 Å². The summed E-state index contributed by atoms with van der Waals surface area (Å²) in [6, 6.07) is 3.54. The molecule has 8 N–H and O–H groups in total. The predicted molar refractivity (Wildman–Crippen MR) is 130 cm³/mol. The number of aliphatic hydroxyl groups is 1. The summed E-state index contributed by atoms with van der Waals surface area (Å²) in [6.07, 6.45) is -1.49. The molecule has 12 heteroatoms. The van der Waals surface area contributed by atoms with Crippen LogP contribution in [0.5, 0.6) is 0 Å². The highest BCUT2D eigenvalue weighted by molar-refractivity contribution is 5.94. The van der Waals surface area contributed by atoms with Crippen LogP contribution in [-0.4, -0.2) is 75.3 Å². The molecule has 36 heavy (non-hydrogen) atoms. The number of amides is 3. The van der Waals surface area contributed by atoms with Gasteiger partial charge in [0.05, 0.1) is 6.10 Å². The number of carbonyl (C=O) groups is 5. The predicted octanol–water partition coefficient (Wildman–Crippen LogP) is -0.613. The minimum Gasteiger partial charge on any atom is -0.481 e. The van der Waals surface area contributed by atoms with Crippen LogP contribution in [0.25, 0.3) is 0 Å². The van der Waals surface area contributed by atoms with Gasteiger partial charge in [-0.3, -0.25) is 19.2 Å². The summed E-state index contributed by atoms with van der Waals surface area (Å²) in [6.45, 7) is 4.71. The fourth-order valence-corrected chi connectivity index (χ4v) is 3.29. The molecule has 0 saturated carbocycles. The number of rotatable bonds is 15. The summed E-state index contributed by atoms with van der Waals surface area (Å²) < 4.78 is 0. The van der Waals surface area contributed by atoms with Crippen LogP contribution in [0.1, 0.15) is 45.6 Å². The van der Waals surface area contributed by atoms with E-state index in [9.17, 15) is 34.2 Å². The van der Waals surface area contributed by atoms with Crippen molar-refractivity contribution in [3.8, 4) is 0 Å². The molecule has 1 aromatic rings. The molecule has 0 aliphatic heterocycles. The van der Waals surface area contributed by atoms with Crippen LogP contribution in [0.4, 0.5) is 0 Å². The molecule has 0 radical (unpaired) electrons. The number of aliphatic carboxylic acids is 2. The largest absolute Gasteiger partial charge is 0.481 e. The monoisotopic (exact) mass is 508 g/mol. The molecule has 0 aliphatic rings. The Morgan fingerprint density at radius 2 is 1.44 bits per heavy atom. The number of hydrogen-bond acceptors (Lipinski definition) is 7. The molecule has 6 unspecified atom stereocenters. The van der Waals surface area contributed by atoms with Crippen LogP contribution >= 0.6 is 0 Å². The summed E-state index contributed by atoms with van der Waals surface area (Å²) in [4.78, 5) is 61.3. The second-order valence-electron chi connectivity index (χ2n) is 8.72. The van der Waals surface area contributed by atoms with Crippen molar-refractivity contribution in [3.63, 3.8) is 0 Å². The van der Waals surface area contributed by atoms with E-state index in [0.717, 1.165) is 0 Å². The van der Waals surface area contributed by atoms with Gasteiger partial charge in [-0.25, -0.2) is 4.79 Å². The third kappa shape index (κ3) is 10.0. The molecule has 1 rings (SSSR count). The Balaban J connectivity index is 3.16. The number of carbonyl (C=O) groups excluding carboxylic acids is 3. The molecule has 6 atom stereocenters. The maximum atomic E-state index is 13.2. The highest BCUT2D eigenvalue weighted by Crippen LogP contribution is 2.10. The number of hydrogen-bond donors (Lipinski definition) is 7. The lowest BCUT2D eigenvalue weighted by atomic mass is 9.98. The molecule has 200 valence electrons. The molecule has 0 spiro atoms. The molecule has 3 amide bonds. The van der Waals surface area contributed by atoms with Gasteiger partial charge in [0.1, 0.15) is 24.2 Å². The van der Waals surface area contributed by atoms with E-state index in [1.54, 1.807) is 44.2 Å². The van der Waals surface area contributed by atoms with Crippen molar-refractivity contribution in [2.45, 2.75) is 76.7 Å². The lowest BCUT2D eigenvalue weighted by Gasteiger charge is -2.26. The van der Waals surface area contributed by atoms with Crippen LogP contribution in [0.2, 0.25) is 0 Å². The zero-order valence-corrected chi connectivity index (χ0v) is 20.6. The highest BCUT2D eigenvalue weighted by Gasteiger charge is 2.32. The highest BCUT2D eigenvalue weighted by atomic mass is 16.4. The van der Waals surface area contributed by atoms with E-state index < -0.39 is 72.3 Å². The van der Waals surface area contributed by atoms with Gasteiger partial charge in [-0.05, 0) is 24.8 Å². The van der Waals surface area contributed by atoms with Gasteiger partial charge in [0.15, 0.2) is 0 Å². The first-order valence-electron chi connectivity index (χ1n) is 11.7. The molecular weight excluding hydrogens is 472 g/mol. The van der Waals surface area contributed by atoms with E-state index in [-0.39, 0.29) is 12.8 Å². The fraction of sp³-hybridized carbons (Fsp3) is 0.542. The maximum Gasteiger partial charge on any atom is 0.326 e. The van der Waals surface area contributed by atoms with Crippen LogP contribution in [-0.2, 0) is 30.4 Å². The molecular formula is C24H36N4O8. The second kappa shape index (κ2) is 14.8. The summed E-state index contributed by atoms with van der Waals surface area (Å²) in [7, 11) is 0. The van der Waals surface area contributed by atoms with Gasteiger partial charge >= 0.3 is 11.9 Å². The van der Waals surface area contributed by atoms with Gasteiger partial charge in [0, 0.05) is 12.8 Å². The Morgan fingerprint density at radius 3 is 1.94 bits per heavy atom. The molecule has 0 fully saturated rings. The van der Waals surface area contributed by atoms with Crippen molar-refractivity contribution in [2.75, 3.05) is 0 Å². The van der Waals surface area contributed by atoms with E-state index in [2.05, 4.69) is 16.0 Å². The number of benzene rings is 1. The smallest absolute Gasteiger partial charge is 0.326 e. The Bertz CT molecular complexity index is 909. The molecule has 0 aliphatic carbocycles. The standard InChI is InChI=1S/C24H36N4O8/c1-4-13(2)20(24(35)36)28-21(32)16(10-11-18(30)31)26-22(33)17(12-15-8-6-5-7-9-15)27-23(34)19(25)14(3)29/h5-9,13-14,16-17,19-20,29H,4,10-12,25H2,1-3H3,(H,26,33)(H,27,34)(H,28,32)(H,30,31)(H,35,36). The maximum absolute atomic E-state index is 13.2. The van der Waals surface area contributed by atoms with E-state index in [1.165, 1.54) is 6.92 Å². The zero-order valence-electron chi connectivity index (χ0n) is 20.6.